The Hall–Kier alpha value is -2.95. The van der Waals surface area contributed by atoms with E-state index < -0.39 is 69.2 Å². The molecule has 2 unspecified atom stereocenters. The van der Waals surface area contributed by atoms with Crippen LogP contribution in [0, 0.1) is 30.3 Å². The molecule has 206 valence electrons. The lowest BCUT2D eigenvalue weighted by Gasteiger charge is -2.13. The number of anilines is 2. The first-order valence-electron chi connectivity index (χ1n) is 11.1. The predicted molar refractivity (Wildman–Crippen MR) is 136 cm³/mol. The standard InChI is InChI=1S/C26H17Cl3F6N2O2/c1-10-6-12(7-15(21(10)31)26(33,34)35)19-20(25(19,28)29)24(39)37-13-3-4-16(27)14(9-13)18(38)8-11-2-5-17(30)23(36)22(11)32/h2-7,9,19-20H,8,36H2,1H3,(H,37,39). The van der Waals surface area contributed by atoms with E-state index in [0.717, 1.165) is 25.1 Å². The van der Waals surface area contributed by atoms with E-state index in [9.17, 15) is 35.9 Å². The van der Waals surface area contributed by atoms with Gasteiger partial charge in [-0.2, -0.15) is 13.2 Å². The Kier molecular flexibility index (Phi) is 7.61. The second-order valence-corrected chi connectivity index (χ2v) is 10.9. The van der Waals surface area contributed by atoms with Gasteiger partial charge in [-0.1, -0.05) is 23.7 Å². The summed E-state index contributed by atoms with van der Waals surface area (Å²) in [5, 5.41) is 2.46. The number of nitrogen functional groups attached to an aromatic ring is 1. The minimum Gasteiger partial charge on any atom is -0.394 e. The van der Waals surface area contributed by atoms with Gasteiger partial charge in [0.1, 0.15) is 21.7 Å². The molecule has 0 bridgehead atoms. The molecule has 2 atom stereocenters. The Morgan fingerprint density at radius 1 is 1.03 bits per heavy atom. The van der Waals surface area contributed by atoms with Crippen LogP contribution in [-0.2, 0) is 17.4 Å². The van der Waals surface area contributed by atoms with E-state index in [0.29, 0.717) is 6.07 Å². The average molecular weight is 610 g/mol. The SMILES string of the molecule is Cc1cc(C2C(C(=O)Nc3ccc(Cl)c(C(=O)Cc4ccc(F)c(N)c4F)c3)C2(Cl)Cl)cc(C(F)(F)F)c1F. The number of ketones is 1. The van der Waals surface area contributed by atoms with Crippen molar-refractivity contribution in [3.05, 3.63) is 92.8 Å². The second kappa shape index (κ2) is 10.2. The van der Waals surface area contributed by atoms with Crippen molar-refractivity contribution in [2.24, 2.45) is 5.92 Å². The minimum absolute atomic E-state index is 0.0247. The number of benzene rings is 3. The molecule has 0 radical (unpaired) electrons. The summed E-state index contributed by atoms with van der Waals surface area (Å²) in [5.74, 6) is -7.25. The number of nitrogens with two attached hydrogens (primary N) is 1. The number of rotatable bonds is 6. The van der Waals surface area contributed by atoms with Crippen LogP contribution in [0.1, 0.15) is 38.5 Å². The van der Waals surface area contributed by atoms with Crippen molar-refractivity contribution < 1.29 is 35.9 Å². The maximum atomic E-state index is 14.3. The molecule has 1 aliphatic carbocycles. The number of aryl methyl sites for hydroxylation is 1. The number of alkyl halides is 5. The van der Waals surface area contributed by atoms with Crippen molar-refractivity contribution in [2.75, 3.05) is 11.1 Å². The van der Waals surface area contributed by atoms with Gasteiger partial charge in [0, 0.05) is 23.6 Å². The summed E-state index contributed by atoms with van der Waals surface area (Å²) >= 11 is 18.6. The van der Waals surface area contributed by atoms with Gasteiger partial charge >= 0.3 is 6.18 Å². The van der Waals surface area contributed by atoms with E-state index in [2.05, 4.69) is 5.32 Å². The van der Waals surface area contributed by atoms with Gasteiger partial charge in [-0.15, -0.1) is 23.2 Å². The zero-order valence-electron chi connectivity index (χ0n) is 19.7. The number of halogens is 9. The third-order valence-corrected chi connectivity index (χ3v) is 7.64. The molecule has 1 fully saturated rings. The normalized spacial score (nSPS) is 18.1. The highest BCUT2D eigenvalue weighted by Crippen LogP contribution is 2.65. The zero-order chi connectivity index (χ0) is 29.0. The molecule has 0 heterocycles. The summed E-state index contributed by atoms with van der Waals surface area (Å²) in [5.41, 5.74) is 2.50. The Morgan fingerprint density at radius 3 is 2.33 bits per heavy atom. The third-order valence-electron chi connectivity index (χ3n) is 6.37. The fourth-order valence-corrected chi connectivity index (χ4v) is 5.36. The van der Waals surface area contributed by atoms with Crippen LogP contribution in [-0.4, -0.2) is 16.0 Å². The molecular formula is C26H17Cl3F6N2O2. The molecule has 0 aromatic heterocycles. The Bertz CT molecular complexity index is 1510. The summed E-state index contributed by atoms with van der Waals surface area (Å²) in [6.07, 6.45) is -5.50. The summed E-state index contributed by atoms with van der Waals surface area (Å²) in [7, 11) is 0. The van der Waals surface area contributed by atoms with E-state index in [4.69, 9.17) is 40.5 Å². The van der Waals surface area contributed by atoms with Crippen LogP contribution in [0.4, 0.5) is 37.7 Å². The number of amides is 1. The van der Waals surface area contributed by atoms with Gasteiger partial charge in [-0.05, 0) is 53.9 Å². The molecule has 3 aromatic carbocycles. The quantitative estimate of drug-likeness (QED) is 0.131. The average Bonchev–Trinajstić information content (AvgIpc) is 3.43. The maximum absolute atomic E-state index is 14.3. The van der Waals surface area contributed by atoms with Crippen LogP contribution in [0.5, 0.6) is 0 Å². The fraction of sp³-hybridized carbons (Fsp3) is 0.231. The molecule has 4 nitrogen and oxygen atoms in total. The number of hydrogen-bond acceptors (Lipinski definition) is 3. The van der Waals surface area contributed by atoms with Crippen molar-refractivity contribution >= 4 is 57.9 Å². The summed E-state index contributed by atoms with van der Waals surface area (Å²) in [4.78, 5) is 25.8. The molecule has 0 aliphatic heterocycles. The van der Waals surface area contributed by atoms with Gasteiger partial charge in [0.05, 0.1) is 16.5 Å². The van der Waals surface area contributed by atoms with Crippen LogP contribution in [0.3, 0.4) is 0 Å². The molecule has 13 heteroatoms. The Labute approximate surface area is 233 Å². The van der Waals surface area contributed by atoms with Crippen LogP contribution in [0.2, 0.25) is 5.02 Å². The van der Waals surface area contributed by atoms with Crippen molar-refractivity contribution in [1.29, 1.82) is 0 Å². The fourth-order valence-electron chi connectivity index (χ4n) is 4.31. The molecule has 0 saturated heterocycles. The molecular weight excluding hydrogens is 593 g/mol. The zero-order valence-corrected chi connectivity index (χ0v) is 22.0. The predicted octanol–water partition coefficient (Wildman–Crippen LogP) is 7.62. The number of hydrogen-bond donors (Lipinski definition) is 2. The molecule has 1 aliphatic rings. The lowest BCUT2D eigenvalue weighted by Crippen LogP contribution is -2.17. The minimum atomic E-state index is -4.98. The van der Waals surface area contributed by atoms with Crippen molar-refractivity contribution in [3.8, 4) is 0 Å². The first-order chi connectivity index (χ1) is 18.0. The maximum Gasteiger partial charge on any atom is 0.419 e. The monoisotopic (exact) mass is 608 g/mol. The molecule has 0 spiro atoms. The molecule has 1 amide bonds. The van der Waals surface area contributed by atoms with Crippen molar-refractivity contribution in [3.63, 3.8) is 0 Å². The highest BCUT2D eigenvalue weighted by Gasteiger charge is 2.68. The molecule has 4 rings (SSSR count). The number of Topliss-reactive ketones (excluding diaryl/α,β-unsaturated/α-hetero) is 1. The number of carbonyl (C=O) groups excluding carboxylic acids is 2. The first-order valence-corrected chi connectivity index (χ1v) is 12.3. The summed E-state index contributed by atoms with van der Waals surface area (Å²) < 4.78 is 79.9. The molecule has 39 heavy (non-hydrogen) atoms. The lowest BCUT2D eigenvalue weighted by molar-refractivity contribution is -0.140. The molecule has 1 saturated carbocycles. The van der Waals surface area contributed by atoms with Crippen LogP contribution in [0.25, 0.3) is 0 Å². The van der Waals surface area contributed by atoms with E-state index >= 15 is 0 Å². The van der Waals surface area contributed by atoms with E-state index in [-0.39, 0.29) is 33.0 Å². The van der Waals surface area contributed by atoms with Gasteiger partial charge in [-0.3, -0.25) is 9.59 Å². The van der Waals surface area contributed by atoms with E-state index in [1.165, 1.54) is 18.2 Å². The van der Waals surface area contributed by atoms with Crippen LogP contribution in [0.15, 0.2) is 42.5 Å². The smallest absolute Gasteiger partial charge is 0.394 e. The van der Waals surface area contributed by atoms with Gasteiger partial charge in [-0.25, -0.2) is 13.2 Å². The Morgan fingerprint density at radius 2 is 1.69 bits per heavy atom. The summed E-state index contributed by atoms with van der Waals surface area (Å²) in [6, 6.07) is 7.53. The van der Waals surface area contributed by atoms with E-state index in [1.807, 2.05) is 0 Å². The lowest BCUT2D eigenvalue weighted by atomic mass is 10.0. The Balaban J connectivity index is 1.55. The summed E-state index contributed by atoms with van der Waals surface area (Å²) in [6.45, 7) is 1.15. The van der Waals surface area contributed by atoms with Gasteiger partial charge in [0.15, 0.2) is 11.6 Å². The van der Waals surface area contributed by atoms with Crippen molar-refractivity contribution in [2.45, 2.75) is 29.8 Å². The van der Waals surface area contributed by atoms with Crippen LogP contribution >= 0.6 is 34.8 Å². The highest BCUT2D eigenvalue weighted by molar-refractivity contribution is 6.53. The van der Waals surface area contributed by atoms with E-state index in [1.54, 1.807) is 0 Å². The van der Waals surface area contributed by atoms with Gasteiger partial charge in [0.25, 0.3) is 0 Å². The van der Waals surface area contributed by atoms with Crippen molar-refractivity contribution in [1.82, 2.24) is 0 Å². The van der Waals surface area contributed by atoms with Gasteiger partial charge in [0.2, 0.25) is 5.91 Å². The highest BCUT2D eigenvalue weighted by atomic mass is 35.5. The number of nitrogens with one attached hydrogen (secondary N) is 1. The molecule has 3 aromatic rings. The number of carbonyl (C=O) groups is 2. The third kappa shape index (κ3) is 5.55. The van der Waals surface area contributed by atoms with Gasteiger partial charge < -0.3 is 11.1 Å². The van der Waals surface area contributed by atoms with Crippen LogP contribution < -0.4 is 11.1 Å². The second-order valence-electron chi connectivity index (χ2n) is 9.04. The first kappa shape index (κ1) is 29.0. The molecule has 3 N–H and O–H groups in total. The largest absolute Gasteiger partial charge is 0.419 e. The topological polar surface area (TPSA) is 72.2 Å².